The maximum Gasteiger partial charge on any atom is 0.233 e. The number of carbonyl (C=O) groups excluding carboxylic acids is 3. The Bertz CT molecular complexity index is 344. The molecule has 0 radical (unpaired) electrons. The van der Waals surface area contributed by atoms with E-state index in [0.29, 0.717) is 0 Å². The maximum atomic E-state index is 12.0. The van der Waals surface area contributed by atoms with Gasteiger partial charge in [-0.1, -0.05) is 20.8 Å². The molecule has 0 bridgehead atoms. The van der Waals surface area contributed by atoms with Crippen molar-refractivity contribution >= 4 is 17.7 Å². The minimum atomic E-state index is -0.264. The van der Waals surface area contributed by atoms with Gasteiger partial charge < -0.3 is 5.32 Å². The number of amides is 3. The summed E-state index contributed by atoms with van der Waals surface area (Å²) in [5.41, 5.74) is -0.214. The van der Waals surface area contributed by atoms with Crippen molar-refractivity contribution in [2.24, 2.45) is 11.3 Å². The molecule has 5 heteroatoms. The largest absolute Gasteiger partial charge is 0.359 e. The number of nitrogens with one attached hydrogen (secondary N) is 1. The van der Waals surface area contributed by atoms with Gasteiger partial charge in [-0.05, 0) is 5.41 Å². The molecule has 1 fully saturated rings. The van der Waals surface area contributed by atoms with Gasteiger partial charge in [-0.25, -0.2) is 0 Å². The Morgan fingerprint density at radius 2 is 2.00 bits per heavy atom. The molecule has 1 saturated heterocycles. The van der Waals surface area contributed by atoms with Crippen LogP contribution in [0.5, 0.6) is 0 Å². The fraction of sp³-hybridized carbons (Fsp3) is 0.750. The van der Waals surface area contributed by atoms with Crippen molar-refractivity contribution in [1.82, 2.24) is 10.2 Å². The number of imide groups is 1. The molecule has 17 heavy (non-hydrogen) atoms. The van der Waals surface area contributed by atoms with E-state index in [0.717, 1.165) is 0 Å². The van der Waals surface area contributed by atoms with Crippen LogP contribution in [0.15, 0.2) is 0 Å². The normalized spacial score (nSPS) is 20.9. The first-order valence-electron chi connectivity index (χ1n) is 5.82. The second-order valence-corrected chi connectivity index (χ2v) is 5.43. The highest BCUT2D eigenvalue weighted by Gasteiger charge is 2.44. The third-order valence-corrected chi connectivity index (χ3v) is 3.13. The molecule has 1 heterocycles. The predicted molar refractivity (Wildman–Crippen MR) is 63.0 cm³/mol. The molecule has 1 aliphatic rings. The molecule has 1 N–H and O–H groups in total. The maximum absolute atomic E-state index is 12.0. The van der Waals surface area contributed by atoms with Gasteiger partial charge in [-0.15, -0.1) is 0 Å². The zero-order valence-electron chi connectivity index (χ0n) is 10.9. The third kappa shape index (κ3) is 3.05. The minimum absolute atomic E-state index is 0.147. The van der Waals surface area contributed by atoms with Gasteiger partial charge in [0.25, 0.3) is 0 Å². The average molecular weight is 240 g/mol. The van der Waals surface area contributed by atoms with Crippen molar-refractivity contribution in [2.75, 3.05) is 13.6 Å². The van der Waals surface area contributed by atoms with Crippen molar-refractivity contribution in [3.63, 3.8) is 0 Å². The topological polar surface area (TPSA) is 66.5 Å². The zero-order valence-corrected chi connectivity index (χ0v) is 10.9. The Labute approximate surface area is 102 Å². The van der Waals surface area contributed by atoms with E-state index >= 15 is 0 Å². The molecule has 0 aromatic heterocycles. The van der Waals surface area contributed by atoms with Gasteiger partial charge in [0.1, 0.15) is 0 Å². The average Bonchev–Trinajstić information content (AvgIpc) is 2.51. The summed E-state index contributed by atoms with van der Waals surface area (Å²) in [7, 11) is 1.54. The van der Waals surface area contributed by atoms with Gasteiger partial charge >= 0.3 is 0 Å². The van der Waals surface area contributed by atoms with Crippen molar-refractivity contribution in [3.8, 4) is 0 Å². The first kappa shape index (κ1) is 13.7. The van der Waals surface area contributed by atoms with E-state index in [1.54, 1.807) is 0 Å². The highest BCUT2D eigenvalue weighted by atomic mass is 16.2. The lowest BCUT2D eigenvalue weighted by atomic mass is 9.80. The summed E-state index contributed by atoms with van der Waals surface area (Å²) in [6.45, 7) is 6.03. The van der Waals surface area contributed by atoms with Crippen LogP contribution in [0.1, 0.15) is 33.6 Å². The summed E-state index contributed by atoms with van der Waals surface area (Å²) in [5.74, 6) is -0.741. The summed E-state index contributed by atoms with van der Waals surface area (Å²) in [6.07, 6.45) is 0.431. The van der Waals surface area contributed by atoms with Crippen LogP contribution in [-0.4, -0.2) is 36.2 Å². The summed E-state index contributed by atoms with van der Waals surface area (Å²) in [6, 6.07) is 0. The van der Waals surface area contributed by atoms with Crippen molar-refractivity contribution < 1.29 is 14.4 Å². The Balaban J connectivity index is 2.67. The van der Waals surface area contributed by atoms with Crippen LogP contribution < -0.4 is 5.32 Å². The lowest BCUT2D eigenvalue weighted by molar-refractivity contribution is -0.140. The minimum Gasteiger partial charge on any atom is -0.359 e. The van der Waals surface area contributed by atoms with Gasteiger partial charge in [0.05, 0.1) is 5.92 Å². The molecule has 1 unspecified atom stereocenters. The Morgan fingerprint density at radius 3 is 2.41 bits per heavy atom. The van der Waals surface area contributed by atoms with Gasteiger partial charge in [0.2, 0.25) is 17.7 Å². The molecule has 5 nitrogen and oxygen atoms in total. The van der Waals surface area contributed by atoms with E-state index in [-0.39, 0.29) is 48.4 Å². The van der Waals surface area contributed by atoms with Crippen LogP contribution in [-0.2, 0) is 14.4 Å². The third-order valence-electron chi connectivity index (χ3n) is 3.13. The Morgan fingerprint density at radius 1 is 1.41 bits per heavy atom. The van der Waals surface area contributed by atoms with Gasteiger partial charge in [-0.3, -0.25) is 19.3 Å². The van der Waals surface area contributed by atoms with Crippen molar-refractivity contribution in [2.45, 2.75) is 33.6 Å². The standard InChI is InChI=1S/C12H20N2O3/c1-12(2,3)8-7-10(16)14(11(8)17)6-5-9(15)13-4/h8H,5-7H2,1-4H3,(H,13,15). The van der Waals surface area contributed by atoms with E-state index < -0.39 is 0 Å². The first-order chi connectivity index (χ1) is 7.77. The molecule has 0 saturated carbocycles. The number of hydrogen-bond donors (Lipinski definition) is 1. The van der Waals surface area contributed by atoms with Crippen molar-refractivity contribution in [1.29, 1.82) is 0 Å². The van der Waals surface area contributed by atoms with Crippen LogP contribution in [0.3, 0.4) is 0 Å². The summed E-state index contributed by atoms with van der Waals surface area (Å²) in [5, 5.41) is 2.47. The summed E-state index contributed by atoms with van der Waals surface area (Å²) in [4.78, 5) is 36.1. The molecule has 0 aromatic rings. The lowest BCUT2D eigenvalue weighted by Gasteiger charge is -2.24. The van der Waals surface area contributed by atoms with E-state index in [1.807, 2.05) is 20.8 Å². The molecular formula is C12H20N2O3. The van der Waals surface area contributed by atoms with E-state index in [2.05, 4.69) is 5.32 Å². The molecule has 0 aliphatic carbocycles. The summed E-state index contributed by atoms with van der Waals surface area (Å²) >= 11 is 0. The van der Waals surface area contributed by atoms with Crippen molar-refractivity contribution in [3.05, 3.63) is 0 Å². The SMILES string of the molecule is CNC(=O)CCN1C(=O)CC(C(C)(C)C)C1=O. The fourth-order valence-corrected chi connectivity index (χ4v) is 1.93. The fourth-order valence-electron chi connectivity index (χ4n) is 1.93. The van der Waals surface area contributed by atoms with Crippen LogP contribution in [0.4, 0.5) is 0 Å². The van der Waals surface area contributed by atoms with Crippen LogP contribution in [0.2, 0.25) is 0 Å². The number of carbonyl (C=O) groups is 3. The zero-order chi connectivity index (χ0) is 13.2. The smallest absolute Gasteiger partial charge is 0.233 e. The lowest BCUT2D eigenvalue weighted by Crippen LogP contribution is -2.36. The van der Waals surface area contributed by atoms with Gasteiger partial charge in [-0.2, -0.15) is 0 Å². The highest BCUT2D eigenvalue weighted by molar-refractivity contribution is 6.04. The number of nitrogens with zero attached hydrogens (tertiary/aromatic N) is 1. The monoisotopic (exact) mass is 240 g/mol. The predicted octanol–water partition coefficient (Wildman–Crippen LogP) is 0.544. The summed E-state index contributed by atoms with van der Waals surface area (Å²) < 4.78 is 0. The molecule has 1 aliphatic heterocycles. The number of rotatable bonds is 3. The number of likely N-dealkylation sites (tertiary alicyclic amines) is 1. The van der Waals surface area contributed by atoms with Crippen LogP contribution in [0, 0.1) is 11.3 Å². The Hall–Kier alpha value is -1.39. The number of hydrogen-bond acceptors (Lipinski definition) is 3. The van der Waals surface area contributed by atoms with E-state index in [1.165, 1.54) is 11.9 Å². The van der Waals surface area contributed by atoms with E-state index in [4.69, 9.17) is 0 Å². The molecular weight excluding hydrogens is 220 g/mol. The van der Waals surface area contributed by atoms with Gasteiger partial charge in [0, 0.05) is 26.4 Å². The molecule has 0 spiro atoms. The molecule has 1 atom stereocenters. The Kier molecular flexibility index (Phi) is 3.91. The van der Waals surface area contributed by atoms with Crippen LogP contribution >= 0.6 is 0 Å². The van der Waals surface area contributed by atoms with E-state index in [9.17, 15) is 14.4 Å². The van der Waals surface area contributed by atoms with Crippen LogP contribution in [0.25, 0.3) is 0 Å². The molecule has 0 aromatic carbocycles. The quantitative estimate of drug-likeness (QED) is 0.732. The molecule has 1 rings (SSSR count). The second-order valence-electron chi connectivity index (χ2n) is 5.43. The highest BCUT2D eigenvalue weighted by Crippen LogP contribution is 2.35. The van der Waals surface area contributed by atoms with Gasteiger partial charge in [0.15, 0.2) is 0 Å². The molecule has 3 amide bonds. The first-order valence-corrected chi connectivity index (χ1v) is 5.82. The molecule has 96 valence electrons. The second kappa shape index (κ2) is 4.85.